The number of nitrogens with two attached hydrogens (primary N) is 1. The molecule has 0 atom stereocenters. The predicted molar refractivity (Wildman–Crippen MR) is 89.9 cm³/mol. The second-order valence-electron chi connectivity index (χ2n) is 5.81. The van der Waals surface area contributed by atoms with Crippen LogP contribution in [0.5, 0.6) is 0 Å². The van der Waals surface area contributed by atoms with E-state index in [0.29, 0.717) is 24.2 Å². The molecule has 2 rings (SSSR count). The number of hydrogen-bond acceptors (Lipinski definition) is 5. The van der Waals surface area contributed by atoms with Crippen LogP contribution in [0, 0.1) is 13.8 Å². The molecule has 1 aromatic carbocycles. The molecule has 0 spiro atoms. The summed E-state index contributed by atoms with van der Waals surface area (Å²) in [4.78, 5) is 26.1. The van der Waals surface area contributed by atoms with Crippen molar-refractivity contribution >= 4 is 17.3 Å². The molecule has 5 heteroatoms. The van der Waals surface area contributed by atoms with E-state index in [1.807, 2.05) is 26.0 Å². The molecule has 1 aliphatic rings. The lowest BCUT2D eigenvalue weighted by atomic mass is 9.91. The molecule has 0 fully saturated rings. The van der Waals surface area contributed by atoms with Gasteiger partial charge in [0.2, 0.25) is 5.78 Å². The summed E-state index contributed by atoms with van der Waals surface area (Å²) in [6, 6.07) is 3.72. The van der Waals surface area contributed by atoms with E-state index in [2.05, 4.69) is 0 Å². The van der Waals surface area contributed by atoms with Crippen LogP contribution in [0.15, 0.2) is 35.6 Å². The average Bonchev–Trinajstić information content (AvgIpc) is 2.51. The van der Waals surface area contributed by atoms with Gasteiger partial charge >= 0.3 is 0 Å². The number of aliphatic hydroxyl groups is 1. The minimum absolute atomic E-state index is 0.0736. The summed E-state index contributed by atoms with van der Waals surface area (Å²) in [5.74, 6) is -0.376. The molecule has 1 aliphatic carbocycles. The molecular weight excluding hydrogens is 292 g/mol. The van der Waals surface area contributed by atoms with Crippen LogP contribution in [0.25, 0.3) is 0 Å². The number of likely N-dealkylation sites (N-methyl/N-ethyl adjacent to an activating group) is 1. The van der Waals surface area contributed by atoms with Crippen LogP contribution in [0.3, 0.4) is 0 Å². The second kappa shape index (κ2) is 6.79. The lowest BCUT2D eigenvalue weighted by molar-refractivity contribution is -0.116. The fourth-order valence-corrected chi connectivity index (χ4v) is 2.59. The number of nitrogens with zero attached hydrogens (tertiary/aromatic N) is 1. The van der Waals surface area contributed by atoms with Gasteiger partial charge in [0.25, 0.3) is 0 Å². The fourth-order valence-electron chi connectivity index (χ4n) is 2.59. The molecule has 0 bridgehead atoms. The Hall–Kier alpha value is -2.40. The molecule has 0 aliphatic heterocycles. The molecule has 0 heterocycles. The summed E-state index contributed by atoms with van der Waals surface area (Å²) < 4.78 is 0. The Morgan fingerprint density at radius 2 is 1.78 bits per heavy atom. The van der Waals surface area contributed by atoms with Gasteiger partial charge in [-0.2, -0.15) is 0 Å². The molecule has 3 N–H and O–H groups in total. The second-order valence-corrected chi connectivity index (χ2v) is 5.81. The van der Waals surface area contributed by atoms with Gasteiger partial charge in [-0.15, -0.1) is 0 Å². The number of carbonyl (C=O) groups excluding carboxylic acids is 2. The van der Waals surface area contributed by atoms with E-state index in [0.717, 1.165) is 22.4 Å². The van der Waals surface area contributed by atoms with E-state index < -0.39 is 0 Å². The third-order valence-electron chi connectivity index (χ3n) is 4.31. The molecule has 0 saturated carbocycles. The lowest BCUT2D eigenvalue weighted by Crippen LogP contribution is -2.29. The molecule has 0 saturated heterocycles. The first kappa shape index (κ1) is 17.0. The first-order chi connectivity index (χ1) is 10.8. The van der Waals surface area contributed by atoms with Crippen molar-refractivity contribution in [2.75, 3.05) is 25.9 Å². The summed E-state index contributed by atoms with van der Waals surface area (Å²) in [7, 11) is 1.68. The standard InChI is InChI=1S/C18H22N2O3/c1-11-12(2)15(19)5-4-13(11)8-14-9-18(23)16(10-17(14)22)20(3)6-7-21/h4-5,9-10,21H,6-8,19H2,1-3H3. The Bertz CT molecular complexity index is 717. The average molecular weight is 314 g/mol. The van der Waals surface area contributed by atoms with E-state index in [-0.39, 0.29) is 18.2 Å². The number of benzene rings is 1. The summed E-state index contributed by atoms with van der Waals surface area (Å²) in [5.41, 5.74) is 10.4. The first-order valence-electron chi connectivity index (χ1n) is 7.52. The maximum atomic E-state index is 12.3. The normalized spacial score (nSPS) is 14.6. The van der Waals surface area contributed by atoms with Crippen molar-refractivity contribution in [1.82, 2.24) is 4.90 Å². The van der Waals surface area contributed by atoms with Gasteiger partial charge in [0.1, 0.15) is 0 Å². The van der Waals surface area contributed by atoms with E-state index in [1.54, 1.807) is 11.9 Å². The van der Waals surface area contributed by atoms with Gasteiger partial charge in [-0.25, -0.2) is 0 Å². The number of aliphatic hydroxyl groups excluding tert-OH is 1. The highest BCUT2D eigenvalue weighted by Gasteiger charge is 2.23. The quantitative estimate of drug-likeness (QED) is 0.632. The number of allylic oxidation sites excluding steroid dienone is 3. The third-order valence-corrected chi connectivity index (χ3v) is 4.31. The van der Waals surface area contributed by atoms with Crippen LogP contribution < -0.4 is 5.73 Å². The maximum absolute atomic E-state index is 12.3. The van der Waals surface area contributed by atoms with Crippen molar-refractivity contribution < 1.29 is 14.7 Å². The summed E-state index contributed by atoms with van der Waals surface area (Å²) in [5, 5.41) is 8.95. The molecule has 0 aromatic heterocycles. The Morgan fingerprint density at radius 1 is 1.09 bits per heavy atom. The maximum Gasteiger partial charge on any atom is 0.202 e. The Morgan fingerprint density at radius 3 is 2.43 bits per heavy atom. The summed E-state index contributed by atoms with van der Waals surface area (Å²) in [6.45, 7) is 4.14. The zero-order valence-corrected chi connectivity index (χ0v) is 13.7. The van der Waals surface area contributed by atoms with Crippen molar-refractivity contribution in [1.29, 1.82) is 0 Å². The third kappa shape index (κ3) is 3.51. The van der Waals surface area contributed by atoms with E-state index in [9.17, 15) is 9.59 Å². The Balaban J connectivity index is 2.24. The van der Waals surface area contributed by atoms with E-state index >= 15 is 0 Å². The first-order valence-corrected chi connectivity index (χ1v) is 7.52. The number of nitrogen functional groups attached to an aromatic ring is 1. The van der Waals surface area contributed by atoms with Crippen molar-refractivity contribution in [2.24, 2.45) is 0 Å². The molecule has 0 radical (unpaired) electrons. The van der Waals surface area contributed by atoms with Gasteiger partial charge in [-0.05, 0) is 42.7 Å². The number of carbonyl (C=O) groups is 2. The lowest BCUT2D eigenvalue weighted by Gasteiger charge is -2.22. The van der Waals surface area contributed by atoms with Gasteiger partial charge < -0.3 is 15.7 Å². The van der Waals surface area contributed by atoms with Gasteiger partial charge in [0.05, 0.1) is 12.3 Å². The van der Waals surface area contributed by atoms with Gasteiger partial charge in [0, 0.05) is 37.3 Å². The monoisotopic (exact) mass is 314 g/mol. The molecule has 1 aromatic rings. The van der Waals surface area contributed by atoms with Crippen molar-refractivity contribution in [2.45, 2.75) is 20.3 Å². The molecule has 0 unspecified atom stereocenters. The van der Waals surface area contributed by atoms with Gasteiger partial charge in [-0.1, -0.05) is 6.07 Å². The van der Waals surface area contributed by atoms with Crippen LogP contribution in [0.1, 0.15) is 16.7 Å². The molecule has 23 heavy (non-hydrogen) atoms. The molecule has 5 nitrogen and oxygen atoms in total. The SMILES string of the molecule is Cc1c(N)ccc(CC2=CC(=O)C(N(C)CCO)=CC2=O)c1C. The fraction of sp³-hybridized carbons (Fsp3) is 0.333. The number of anilines is 1. The summed E-state index contributed by atoms with van der Waals surface area (Å²) in [6.07, 6.45) is 3.16. The zero-order chi connectivity index (χ0) is 17.1. The van der Waals surface area contributed by atoms with Gasteiger partial charge in [0.15, 0.2) is 5.78 Å². The van der Waals surface area contributed by atoms with Crippen molar-refractivity contribution in [3.8, 4) is 0 Å². The molecule has 122 valence electrons. The van der Waals surface area contributed by atoms with Crippen molar-refractivity contribution in [3.05, 3.63) is 52.2 Å². The van der Waals surface area contributed by atoms with E-state index in [1.165, 1.54) is 12.2 Å². The topological polar surface area (TPSA) is 83.6 Å². The highest BCUT2D eigenvalue weighted by Crippen LogP contribution is 2.24. The van der Waals surface area contributed by atoms with Crippen LogP contribution in [-0.2, 0) is 16.0 Å². The van der Waals surface area contributed by atoms with Crippen LogP contribution in [-0.4, -0.2) is 41.8 Å². The summed E-state index contributed by atoms with van der Waals surface area (Å²) >= 11 is 0. The van der Waals surface area contributed by atoms with E-state index in [4.69, 9.17) is 10.8 Å². The predicted octanol–water partition coefficient (Wildman–Crippen LogP) is 1.31. The Labute approximate surface area is 136 Å². The molecular formula is C18H22N2O3. The Kier molecular flexibility index (Phi) is 5.01. The molecule has 0 amide bonds. The highest BCUT2D eigenvalue weighted by molar-refractivity contribution is 6.19. The van der Waals surface area contributed by atoms with Crippen LogP contribution in [0.4, 0.5) is 5.69 Å². The highest BCUT2D eigenvalue weighted by atomic mass is 16.3. The number of ketones is 2. The van der Waals surface area contributed by atoms with Gasteiger partial charge in [-0.3, -0.25) is 9.59 Å². The van der Waals surface area contributed by atoms with Crippen molar-refractivity contribution in [3.63, 3.8) is 0 Å². The smallest absolute Gasteiger partial charge is 0.202 e. The van der Waals surface area contributed by atoms with Crippen LogP contribution in [0.2, 0.25) is 0 Å². The minimum atomic E-state index is -0.208. The largest absolute Gasteiger partial charge is 0.399 e. The minimum Gasteiger partial charge on any atom is -0.399 e. The van der Waals surface area contributed by atoms with Crippen LogP contribution >= 0.6 is 0 Å². The number of rotatable bonds is 5. The zero-order valence-electron chi connectivity index (χ0n) is 13.7. The number of hydrogen-bond donors (Lipinski definition) is 2.